The average molecular weight is 305 g/mol. The number of nitrogens with zero attached hydrogens (tertiary/aromatic N) is 1. The number of aryl methyl sites for hydroxylation is 1. The highest BCUT2D eigenvalue weighted by Gasteiger charge is 2.32. The normalized spacial score (nSPS) is 17.8. The summed E-state index contributed by atoms with van der Waals surface area (Å²) in [5.74, 6) is -0.880. The number of aliphatic carboxylic acids is 1. The smallest absolute Gasteiger partial charge is 0.414 e. The Labute approximate surface area is 130 Å². The third-order valence-corrected chi connectivity index (χ3v) is 3.65. The Hall–Kier alpha value is -2.04. The number of benzene rings is 1. The van der Waals surface area contributed by atoms with Crippen molar-refractivity contribution in [1.82, 2.24) is 0 Å². The van der Waals surface area contributed by atoms with E-state index in [-0.39, 0.29) is 18.4 Å². The molecule has 0 radical (unpaired) electrons. The lowest BCUT2D eigenvalue weighted by Crippen LogP contribution is -2.40. The lowest BCUT2D eigenvalue weighted by atomic mass is 9.86. The molecule has 0 saturated carbocycles. The summed E-state index contributed by atoms with van der Waals surface area (Å²) >= 11 is 0. The molecule has 1 aromatic carbocycles. The summed E-state index contributed by atoms with van der Waals surface area (Å²) < 4.78 is 5.45. The summed E-state index contributed by atoms with van der Waals surface area (Å²) in [5, 5.41) is 9.08. The average Bonchev–Trinajstić information content (AvgIpc) is 2.36. The molecule has 0 spiro atoms. The topological polar surface area (TPSA) is 66.8 Å². The van der Waals surface area contributed by atoms with E-state index in [2.05, 4.69) is 0 Å². The largest absolute Gasteiger partial charge is 0.481 e. The van der Waals surface area contributed by atoms with Gasteiger partial charge in [-0.15, -0.1) is 0 Å². The van der Waals surface area contributed by atoms with Gasteiger partial charge in [0.25, 0.3) is 0 Å². The first-order valence-corrected chi connectivity index (χ1v) is 7.50. The van der Waals surface area contributed by atoms with Crippen molar-refractivity contribution in [3.63, 3.8) is 0 Å². The van der Waals surface area contributed by atoms with E-state index in [1.54, 1.807) is 4.90 Å². The molecule has 1 atom stereocenters. The van der Waals surface area contributed by atoms with E-state index in [9.17, 15) is 9.59 Å². The van der Waals surface area contributed by atoms with Gasteiger partial charge in [0, 0.05) is 6.54 Å². The van der Waals surface area contributed by atoms with E-state index < -0.39 is 11.6 Å². The fraction of sp³-hybridized carbons (Fsp3) is 0.529. The number of carbonyl (C=O) groups excluding carboxylic acids is 1. The predicted octanol–water partition coefficient (Wildman–Crippen LogP) is 3.70. The summed E-state index contributed by atoms with van der Waals surface area (Å²) in [6.07, 6.45) is 0.326. The van der Waals surface area contributed by atoms with Crippen molar-refractivity contribution in [1.29, 1.82) is 0 Å². The van der Waals surface area contributed by atoms with E-state index in [1.165, 1.54) is 0 Å². The summed E-state index contributed by atoms with van der Waals surface area (Å²) in [6, 6.07) is 5.78. The SMILES string of the molecule is Cc1ccc2c(c1)C(CC(=O)O)CCN2C(=O)OC(C)(C)C. The number of fused-ring (bicyclic) bond motifs is 1. The molecule has 120 valence electrons. The van der Waals surface area contributed by atoms with Crippen LogP contribution < -0.4 is 4.90 Å². The van der Waals surface area contributed by atoms with E-state index in [1.807, 2.05) is 45.9 Å². The molecular formula is C17H23NO4. The van der Waals surface area contributed by atoms with Crippen molar-refractivity contribution in [3.05, 3.63) is 29.3 Å². The molecular weight excluding hydrogens is 282 g/mol. The minimum absolute atomic E-state index is 0.0638. The predicted molar refractivity (Wildman–Crippen MR) is 84.4 cm³/mol. The molecule has 1 heterocycles. The zero-order chi connectivity index (χ0) is 16.5. The number of carboxylic acids is 1. The number of anilines is 1. The summed E-state index contributed by atoms with van der Waals surface area (Å²) in [7, 11) is 0. The fourth-order valence-corrected chi connectivity index (χ4v) is 2.74. The number of carboxylic acid groups (broad SMARTS) is 1. The highest BCUT2D eigenvalue weighted by Crippen LogP contribution is 2.38. The molecule has 1 aliphatic heterocycles. The number of hydrogen-bond donors (Lipinski definition) is 1. The van der Waals surface area contributed by atoms with Gasteiger partial charge in [0.15, 0.2) is 0 Å². The third-order valence-electron chi connectivity index (χ3n) is 3.65. The van der Waals surface area contributed by atoms with Crippen molar-refractivity contribution < 1.29 is 19.4 Å². The van der Waals surface area contributed by atoms with Crippen LogP contribution in [0.25, 0.3) is 0 Å². The van der Waals surface area contributed by atoms with Crippen LogP contribution in [0.1, 0.15) is 50.7 Å². The van der Waals surface area contributed by atoms with E-state index in [0.29, 0.717) is 13.0 Å². The standard InChI is InChI=1S/C17H23NO4/c1-11-5-6-14-13(9-11)12(10-15(19)20)7-8-18(14)16(21)22-17(2,3)4/h5-6,9,12H,7-8,10H2,1-4H3,(H,19,20). The molecule has 1 unspecified atom stereocenters. The molecule has 1 amide bonds. The second kappa shape index (κ2) is 5.99. The first kappa shape index (κ1) is 16.3. The molecule has 0 fully saturated rings. The molecule has 5 heteroatoms. The van der Waals surface area contributed by atoms with Crippen molar-refractivity contribution in [2.45, 2.75) is 52.1 Å². The number of carbonyl (C=O) groups is 2. The van der Waals surface area contributed by atoms with Crippen molar-refractivity contribution in [2.75, 3.05) is 11.4 Å². The van der Waals surface area contributed by atoms with Gasteiger partial charge < -0.3 is 9.84 Å². The van der Waals surface area contributed by atoms with Crippen LogP contribution in [0.3, 0.4) is 0 Å². The summed E-state index contributed by atoms with van der Waals surface area (Å²) in [4.78, 5) is 25.0. The maximum atomic E-state index is 12.4. The van der Waals surface area contributed by atoms with Crippen molar-refractivity contribution >= 4 is 17.7 Å². The van der Waals surface area contributed by atoms with Gasteiger partial charge in [-0.3, -0.25) is 9.69 Å². The van der Waals surface area contributed by atoms with Crippen LogP contribution in [-0.4, -0.2) is 29.3 Å². The molecule has 0 bridgehead atoms. The van der Waals surface area contributed by atoms with Crippen LogP contribution in [0.15, 0.2) is 18.2 Å². The summed E-state index contributed by atoms with van der Waals surface area (Å²) in [5.41, 5.74) is 2.18. The quantitative estimate of drug-likeness (QED) is 0.904. The molecule has 2 rings (SSSR count). The maximum absolute atomic E-state index is 12.4. The molecule has 0 aliphatic carbocycles. The van der Waals surface area contributed by atoms with Gasteiger partial charge in [0.05, 0.1) is 12.1 Å². The van der Waals surface area contributed by atoms with Gasteiger partial charge >= 0.3 is 12.1 Å². The Morgan fingerprint density at radius 3 is 2.64 bits per heavy atom. The molecule has 0 aromatic heterocycles. The van der Waals surface area contributed by atoms with Crippen LogP contribution >= 0.6 is 0 Å². The Morgan fingerprint density at radius 2 is 2.05 bits per heavy atom. The van der Waals surface area contributed by atoms with Crippen LogP contribution in [0.5, 0.6) is 0 Å². The van der Waals surface area contributed by atoms with Gasteiger partial charge in [0.2, 0.25) is 0 Å². The Bertz CT molecular complexity index is 589. The molecule has 1 N–H and O–H groups in total. The van der Waals surface area contributed by atoms with E-state index >= 15 is 0 Å². The van der Waals surface area contributed by atoms with Crippen molar-refractivity contribution in [3.8, 4) is 0 Å². The second-order valence-electron chi connectivity index (χ2n) is 6.78. The van der Waals surface area contributed by atoms with Crippen LogP contribution in [0.2, 0.25) is 0 Å². The van der Waals surface area contributed by atoms with E-state index in [4.69, 9.17) is 9.84 Å². The van der Waals surface area contributed by atoms with Crippen molar-refractivity contribution in [2.24, 2.45) is 0 Å². The maximum Gasteiger partial charge on any atom is 0.414 e. The van der Waals surface area contributed by atoms with Gasteiger partial charge in [-0.2, -0.15) is 0 Å². The Morgan fingerprint density at radius 1 is 1.36 bits per heavy atom. The highest BCUT2D eigenvalue weighted by molar-refractivity contribution is 5.90. The third kappa shape index (κ3) is 3.78. The van der Waals surface area contributed by atoms with E-state index in [0.717, 1.165) is 16.8 Å². The van der Waals surface area contributed by atoms with Gasteiger partial charge in [-0.05, 0) is 51.7 Å². The minimum atomic E-state index is -0.817. The summed E-state index contributed by atoms with van der Waals surface area (Å²) in [6.45, 7) is 7.93. The van der Waals surface area contributed by atoms with Crippen LogP contribution in [-0.2, 0) is 9.53 Å². The first-order valence-electron chi connectivity index (χ1n) is 7.50. The fourth-order valence-electron chi connectivity index (χ4n) is 2.74. The lowest BCUT2D eigenvalue weighted by Gasteiger charge is -2.35. The highest BCUT2D eigenvalue weighted by atomic mass is 16.6. The monoisotopic (exact) mass is 305 g/mol. The zero-order valence-corrected chi connectivity index (χ0v) is 13.5. The van der Waals surface area contributed by atoms with Crippen LogP contribution in [0, 0.1) is 6.92 Å². The van der Waals surface area contributed by atoms with Gasteiger partial charge in [0.1, 0.15) is 5.60 Å². The van der Waals surface area contributed by atoms with Gasteiger partial charge in [-0.1, -0.05) is 17.7 Å². The molecule has 1 aliphatic rings. The molecule has 0 saturated heterocycles. The Kier molecular flexibility index (Phi) is 4.44. The first-order chi connectivity index (χ1) is 10.2. The molecule has 22 heavy (non-hydrogen) atoms. The number of ether oxygens (including phenoxy) is 1. The van der Waals surface area contributed by atoms with Crippen LogP contribution in [0.4, 0.5) is 10.5 Å². The lowest BCUT2D eigenvalue weighted by molar-refractivity contribution is -0.137. The molecule has 1 aromatic rings. The number of rotatable bonds is 2. The number of hydrogen-bond acceptors (Lipinski definition) is 3. The number of amides is 1. The molecule has 5 nitrogen and oxygen atoms in total. The van der Waals surface area contributed by atoms with Gasteiger partial charge in [-0.25, -0.2) is 4.79 Å². The second-order valence-corrected chi connectivity index (χ2v) is 6.78. The zero-order valence-electron chi connectivity index (χ0n) is 13.5. The Balaban J connectivity index is 2.33. The minimum Gasteiger partial charge on any atom is -0.481 e.